The van der Waals surface area contributed by atoms with Crippen LogP contribution in [0.1, 0.15) is 35.8 Å². The van der Waals surface area contributed by atoms with Gasteiger partial charge < -0.3 is 20.1 Å². The van der Waals surface area contributed by atoms with Crippen LogP contribution in [-0.4, -0.2) is 45.9 Å². The zero-order valence-corrected chi connectivity index (χ0v) is 21.3. The highest BCUT2D eigenvalue weighted by atomic mass is 127. The Morgan fingerprint density at radius 1 is 1.23 bits per heavy atom. The van der Waals surface area contributed by atoms with E-state index >= 15 is 0 Å². The number of aryl methyl sites for hydroxylation is 1. The van der Waals surface area contributed by atoms with E-state index in [1.165, 1.54) is 16.0 Å². The molecule has 1 aromatic carbocycles. The van der Waals surface area contributed by atoms with E-state index in [-0.39, 0.29) is 29.4 Å². The summed E-state index contributed by atoms with van der Waals surface area (Å²) in [7, 11) is 1.75. The van der Waals surface area contributed by atoms with Gasteiger partial charge in [0.05, 0.1) is 13.7 Å². The highest BCUT2D eigenvalue weighted by molar-refractivity contribution is 14.0. The maximum atomic E-state index is 5.72. The zero-order chi connectivity index (χ0) is 20.5. The second-order valence-electron chi connectivity index (χ2n) is 7.55. The van der Waals surface area contributed by atoms with Gasteiger partial charge in [0.2, 0.25) is 0 Å². The van der Waals surface area contributed by atoms with Crippen molar-refractivity contribution in [2.45, 2.75) is 38.5 Å². The lowest BCUT2D eigenvalue weighted by Crippen LogP contribution is -2.42. The van der Waals surface area contributed by atoms with Crippen molar-refractivity contribution in [1.29, 1.82) is 0 Å². The number of halogens is 1. The van der Waals surface area contributed by atoms with E-state index in [9.17, 15) is 0 Å². The van der Waals surface area contributed by atoms with Crippen molar-refractivity contribution in [2.24, 2.45) is 4.99 Å². The van der Waals surface area contributed by atoms with E-state index in [0.717, 1.165) is 57.3 Å². The number of methoxy groups -OCH3 is 1. The molecule has 7 heteroatoms. The van der Waals surface area contributed by atoms with E-state index in [1.807, 2.05) is 0 Å². The zero-order valence-electron chi connectivity index (χ0n) is 18.2. The summed E-state index contributed by atoms with van der Waals surface area (Å²) in [4.78, 5) is 6.38. The van der Waals surface area contributed by atoms with Gasteiger partial charge in [0.1, 0.15) is 5.75 Å². The number of benzene rings is 1. The van der Waals surface area contributed by atoms with Crippen LogP contribution in [-0.2, 0) is 16.6 Å². The molecule has 0 atom stereocenters. The molecule has 0 aliphatic carbocycles. The number of rotatable bonds is 8. The smallest absolute Gasteiger partial charge is 0.191 e. The Labute approximate surface area is 201 Å². The predicted molar refractivity (Wildman–Crippen MR) is 137 cm³/mol. The number of hydrogen-bond donors (Lipinski definition) is 2. The highest BCUT2D eigenvalue weighted by Gasteiger charge is 2.37. The van der Waals surface area contributed by atoms with Crippen LogP contribution in [0.5, 0.6) is 5.75 Å². The normalized spacial score (nSPS) is 15.9. The van der Waals surface area contributed by atoms with Crippen molar-refractivity contribution in [2.75, 3.05) is 40.0 Å². The first kappa shape index (κ1) is 24.9. The summed E-state index contributed by atoms with van der Waals surface area (Å²) in [6.45, 7) is 8.18. The lowest BCUT2D eigenvalue weighted by atomic mass is 9.73. The molecule has 1 aromatic heterocycles. The van der Waals surface area contributed by atoms with Gasteiger partial charge in [0.25, 0.3) is 0 Å². The molecule has 2 heterocycles. The fourth-order valence-corrected chi connectivity index (χ4v) is 4.55. The monoisotopic (exact) mass is 543 g/mol. The minimum atomic E-state index is -0.0638. The molecule has 0 amide bonds. The average Bonchev–Trinajstić information content (AvgIpc) is 3.26. The molecule has 2 N–H and O–H groups in total. The fraction of sp³-hybridized carbons (Fsp3) is 0.522. The van der Waals surface area contributed by atoms with Gasteiger partial charge in [-0.1, -0.05) is 23.8 Å². The Morgan fingerprint density at radius 2 is 2.03 bits per heavy atom. The summed E-state index contributed by atoms with van der Waals surface area (Å²) in [5, 5.41) is 9.00. The van der Waals surface area contributed by atoms with E-state index in [1.54, 1.807) is 18.4 Å². The fourth-order valence-electron chi connectivity index (χ4n) is 3.84. The van der Waals surface area contributed by atoms with Gasteiger partial charge in [-0.25, -0.2) is 0 Å². The lowest BCUT2D eigenvalue weighted by Gasteiger charge is -2.37. The summed E-state index contributed by atoms with van der Waals surface area (Å²) in [6.07, 6.45) is 2.91. The number of thiophene rings is 1. The van der Waals surface area contributed by atoms with E-state index < -0.39 is 0 Å². The molecule has 3 rings (SSSR count). The van der Waals surface area contributed by atoms with Crippen LogP contribution in [0, 0.1) is 6.92 Å². The van der Waals surface area contributed by atoms with Crippen molar-refractivity contribution >= 4 is 41.3 Å². The molecule has 1 aliphatic rings. The SMILES string of the molecule is CCNC(=NCC1(c2cc(C)ccc2OC)CCOCC1)NCCc1cccs1.I. The largest absolute Gasteiger partial charge is 0.496 e. The molecule has 5 nitrogen and oxygen atoms in total. The summed E-state index contributed by atoms with van der Waals surface area (Å²) < 4.78 is 11.4. The van der Waals surface area contributed by atoms with Crippen molar-refractivity contribution in [3.8, 4) is 5.75 Å². The molecular formula is C23H34IN3O2S. The third-order valence-electron chi connectivity index (χ3n) is 5.50. The Hall–Kier alpha value is -1.32. The standard InChI is InChI=1S/C23H33N3O2S.HI/c1-4-24-22(25-12-9-19-6-5-15-29-19)26-17-23(10-13-28-14-11-23)20-16-18(2)7-8-21(20)27-3;/h5-8,15-16H,4,9-14,17H2,1-3H3,(H2,24,25,26);1H. The van der Waals surface area contributed by atoms with Gasteiger partial charge in [-0.15, -0.1) is 35.3 Å². The lowest BCUT2D eigenvalue weighted by molar-refractivity contribution is 0.0522. The van der Waals surface area contributed by atoms with Crippen molar-refractivity contribution in [3.63, 3.8) is 0 Å². The quantitative estimate of drug-likeness (QED) is 0.292. The third-order valence-corrected chi connectivity index (χ3v) is 6.44. The Morgan fingerprint density at radius 3 is 2.70 bits per heavy atom. The number of aliphatic imine (C=N–C) groups is 1. The Bertz CT molecular complexity index is 790. The molecule has 30 heavy (non-hydrogen) atoms. The molecule has 0 bridgehead atoms. The van der Waals surface area contributed by atoms with Gasteiger partial charge in [0.15, 0.2) is 5.96 Å². The first-order valence-electron chi connectivity index (χ1n) is 10.4. The number of nitrogens with one attached hydrogen (secondary N) is 2. The predicted octanol–water partition coefficient (Wildman–Crippen LogP) is 4.53. The molecule has 0 radical (unpaired) electrons. The number of guanidine groups is 1. The van der Waals surface area contributed by atoms with Gasteiger partial charge in [-0.2, -0.15) is 0 Å². The van der Waals surface area contributed by atoms with Crippen LogP contribution in [0.25, 0.3) is 0 Å². The summed E-state index contributed by atoms with van der Waals surface area (Å²) in [5.41, 5.74) is 2.43. The molecule has 0 spiro atoms. The van der Waals surface area contributed by atoms with E-state index in [2.05, 4.69) is 60.2 Å². The van der Waals surface area contributed by atoms with Crippen LogP contribution in [0.2, 0.25) is 0 Å². The van der Waals surface area contributed by atoms with Crippen LogP contribution in [0.4, 0.5) is 0 Å². The number of hydrogen-bond acceptors (Lipinski definition) is 4. The average molecular weight is 544 g/mol. The molecule has 1 fully saturated rings. The minimum Gasteiger partial charge on any atom is -0.496 e. The van der Waals surface area contributed by atoms with Crippen LogP contribution in [0.3, 0.4) is 0 Å². The molecular weight excluding hydrogens is 509 g/mol. The summed E-state index contributed by atoms with van der Waals surface area (Å²) in [5.74, 6) is 1.82. The van der Waals surface area contributed by atoms with E-state index in [4.69, 9.17) is 14.5 Å². The van der Waals surface area contributed by atoms with Gasteiger partial charge in [0, 0.05) is 42.2 Å². The molecule has 2 aromatic rings. The second kappa shape index (κ2) is 12.5. The Kier molecular flexibility index (Phi) is 10.4. The Balaban J connectivity index is 0.00000320. The maximum absolute atomic E-state index is 5.72. The van der Waals surface area contributed by atoms with Crippen molar-refractivity contribution in [1.82, 2.24) is 10.6 Å². The van der Waals surface area contributed by atoms with Gasteiger partial charge >= 0.3 is 0 Å². The number of nitrogens with zero attached hydrogens (tertiary/aromatic N) is 1. The molecule has 166 valence electrons. The first-order valence-corrected chi connectivity index (χ1v) is 11.3. The van der Waals surface area contributed by atoms with Crippen LogP contribution >= 0.6 is 35.3 Å². The molecule has 0 saturated carbocycles. The molecule has 0 unspecified atom stereocenters. The summed E-state index contributed by atoms with van der Waals surface area (Å²) in [6, 6.07) is 10.7. The maximum Gasteiger partial charge on any atom is 0.191 e. The first-order chi connectivity index (χ1) is 14.2. The number of ether oxygens (including phenoxy) is 2. The molecule has 1 aliphatic heterocycles. The van der Waals surface area contributed by atoms with Crippen molar-refractivity contribution < 1.29 is 9.47 Å². The van der Waals surface area contributed by atoms with Gasteiger partial charge in [-0.3, -0.25) is 4.99 Å². The molecule has 1 saturated heterocycles. The summed E-state index contributed by atoms with van der Waals surface area (Å²) >= 11 is 1.80. The van der Waals surface area contributed by atoms with Crippen LogP contribution < -0.4 is 15.4 Å². The van der Waals surface area contributed by atoms with Crippen LogP contribution in [0.15, 0.2) is 40.7 Å². The van der Waals surface area contributed by atoms with E-state index in [0.29, 0.717) is 6.54 Å². The van der Waals surface area contributed by atoms with Crippen molar-refractivity contribution in [3.05, 3.63) is 51.7 Å². The second-order valence-corrected chi connectivity index (χ2v) is 8.58. The highest BCUT2D eigenvalue weighted by Crippen LogP contribution is 2.40. The topological polar surface area (TPSA) is 54.9 Å². The minimum absolute atomic E-state index is 0. The third kappa shape index (κ3) is 6.59. The van der Waals surface area contributed by atoms with Gasteiger partial charge in [-0.05, 0) is 50.6 Å².